The molecule has 0 radical (unpaired) electrons. The van der Waals surface area contributed by atoms with Gasteiger partial charge in [-0.2, -0.15) is 0 Å². The van der Waals surface area contributed by atoms with Gasteiger partial charge >= 0.3 is 5.97 Å². The van der Waals surface area contributed by atoms with Crippen LogP contribution in [0.3, 0.4) is 0 Å². The third kappa shape index (κ3) is 2.73. The average molecular weight is 434 g/mol. The standard InChI is InChI=1S/C24H22N2O6/c1-12(28)20-19-11-16(21(24(31)32)26(19)23(20)30)13-6-7-18-17(10-13)14-4-2-3-5-15(14)22(29)25(18)8-9-27/h2-7,10,12,19-20,27-28H,8-9,11H2,1H3,(H,31,32)/t12-,19-,20-/m1/s1. The summed E-state index contributed by atoms with van der Waals surface area (Å²) in [5.41, 5.74) is 1.58. The van der Waals surface area contributed by atoms with Gasteiger partial charge in [0.2, 0.25) is 5.91 Å². The number of hydrogen-bond donors (Lipinski definition) is 3. The average Bonchev–Trinajstić information content (AvgIpc) is 3.11. The molecule has 2 aliphatic heterocycles. The highest BCUT2D eigenvalue weighted by molar-refractivity contribution is 6.09. The summed E-state index contributed by atoms with van der Waals surface area (Å²) >= 11 is 0. The van der Waals surface area contributed by atoms with Crippen LogP contribution in [0.1, 0.15) is 18.9 Å². The molecule has 3 heterocycles. The summed E-state index contributed by atoms with van der Waals surface area (Å²) in [7, 11) is 0. The summed E-state index contributed by atoms with van der Waals surface area (Å²) in [5.74, 6) is -2.17. The van der Waals surface area contributed by atoms with Gasteiger partial charge in [-0.1, -0.05) is 24.3 Å². The van der Waals surface area contributed by atoms with Gasteiger partial charge in [0.15, 0.2) is 0 Å². The molecule has 3 N–H and O–H groups in total. The van der Waals surface area contributed by atoms with E-state index < -0.39 is 18.0 Å². The number of carboxylic acid groups (broad SMARTS) is 1. The van der Waals surface area contributed by atoms with Gasteiger partial charge in [0.1, 0.15) is 5.70 Å². The number of pyridine rings is 1. The maximum Gasteiger partial charge on any atom is 0.352 e. The van der Waals surface area contributed by atoms with E-state index in [2.05, 4.69) is 0 Å². The van der Waals surface area contributed by atoms with Gasteiger partial charge in [0.05, 0.1) is 30.2 Å². The Morgan fingerprint density at radius 1 is 1.12 bits per heavy atom. The zero-order valence-corrected chi connectivity index (χ0v) is 17.4. The van der Waals surface area contributed by atoms with E-state index >= 15 is 0 Å². The third-order valence-electron chi connectivity index (χ3n) is 6.58. The lowest BCUT2D eigenvalue weighted by molar-refractivity contribution is -0.161. The van der Waals surface area contributed by atoms with Gasteiger partial charge in [-0.25, -0.2) is 4.79 Å². The van der Waals surface area contributed by atoms with Crippen LogP contribution in [0.25, 0.3) is 27.2 Å². The fraction of sp³-hybridized carbons (Fsp3) is 0.292. The van der Waals surface area contributed by atoms with Crippen LogP contribution in [-0.2, 0) is 16.1 Å². The SMILES string of the molecule is C[C@@H](O)[C@H]1C(=O)N2C(C(=O)O)=C(c3ccc4c(c3)c3ccccc3c(=O)n4CCO)C[C@H]12. The number of amides is 1. The largest absolute Gasteiger partial charge is 0.477 e. The quantitative estimate of drug-likeness (QED) is 0.414. The monoisotopic (exact) mass is 434 g/mol. The van der Waals surface area contributed by atoms with Crippen molar-refractivity contribution < 1.29 is 24.9 Å². The van der Waals surface area contributed by atoms with Crippen LogP contribution in [0.5, 0.6) is 0 Å². The first-order valence-corrected chi connectivity index (χ1v) is 10.5. The van der Waals surface area contributed by atoms with Crippen LogP contribution >= 0.6 is 0 Å². The van der Waals surface area contributed by atoms with E-state index in [1.807, 2.05) is 18.2 Å². The lowest BCUT2D eigenvalue weighted by Crippen LogP contribution is -2.61. The van der Waals surface area contributed by atoms with Crippen LogP contribution in [0, 0.1) is 5.92 Å². The van der Waals surface area contributed by atoms with E-state index in [9.17, 15) is 29.7 Å². The smallest absolute Gasteiger partial charge is 0.352 e. The van der Waals surface area contributed by atoms with Gasteiger partial charge < -0.3 is 24.8 Å². The molecule has 2 aliphatic rings. The van der Waals surface area contributed by atoms with Crippen molar-refractivity contribution in [3.05, 3.63) is 64.1 Å². The molecule has 0 unspecified atom stereocenters. The molecule has 3 aromatic rings. The molecule has 0 aliphatic carbocycles. The Labute approximate surface area is 182 Å². The number of fused-ring (bicyclic) bond motifs is 4. The number of aromatic nitrogens is 1. The molecule has 164 valence electrons. The Morgan fingerprint density at radius 3 is 2.50 bits per heavy atom. The van der Waals surface area contributed by atoms with Crippen molar-refractivity contribution >= 4 is 39.1 Å². The molecule has 1 aromatic heterocycles. The van der Waals surface area contributed by atoms with Crippen LogP contribution in [0.2, 0.25) is 0 Å². The first kappa shape index (κ1) is 20.4. The zero-order valence-electron chi connectivity index (χ0n) is 17.4. The highest BCUT2D eigenvalue weighted by Crippen LogP contribution is 2.47. The predicted octanol–water partition coefficient (Wildman–Crippen LogP) is 1.55. The second-order valence-corrected chi connectivity index (χ2v) is 8.34. The van der Waals surface area contributed by atoms with Gasteiger partial charge in [0.25, 0.3) is 5.56 Å². The van der Waals surface area contributed by atoms with Crippen molar-refractivity contribution in [3.63, 3.8) is 0 Å². The molecule has 1 fully saturated rings. The number of carbonyl (C=O) groups excluding carboxylic acids is 1. The normalized spacial score (nSPS) is 21.2. The zero-order chi connectivity index (χ0) is 22.7. The van der Waals surface area contributed by atoms with Gasteiger partial charge in [0, 0.05) is 17.3 Å². The lowest BCUT2D eigenvalue weighted by Gasteiger charge is -2.44. The molecular weight excluding hydrogens is 412 g/mol. The minimum atomic E-state index is -1.19. The van der Waals surface area contributed by atoms with Crippen molar-refractivity contribution in [2.24, 2.45) is 5.92 Å². The molecular formula is C24H22N2O6. The topological polar surface area (TPSA) is 120 Å². The van der Waals surface area contributed by atoms with Crippen molar-refractivity contribution in [2.75, 3.05) is 6.61 Å². The van der Waals surface area contributed by atoms with Crippen LogP contribution in [-0.4, -0.2) is 55.4 Å². The molecule has 2 aromatic carbocycles. The molecule has 0 bridgehead atoms. The summed E-state index contributed by atoms with van der Waals surface area (Å²) in [6.07, 6.45) is -0.519. The first-order valence-electron chi connectivity index (χ1n) is 10.5. The number of hydrogen-bond acceptors (Lipinski definition) is 5. The van der Waals surface area contributed by atoms with Crippen molar-refractivity contribution in [2.45, 2.75) is 32.0 Å². The first-order chi connectivity index (χ1) is 15.3. The predicted molar refractivity (Wildman–Crippen MR) is 118 cm³/mol. The molecule has 8 heteroatoms. The van der Waals surface area contributed by atoms with Crippen molar-refractivity contribution in [3.8, 4) is 0 Å². The fourth-order valence-electron chi connectivity index (χ4n) is 5.18. The summed E-state index contributed by atoms with van der Waals surface area (Å²) in [5, 5.41) is 31.3. The Morgan fingerprint density at radius 2 is 1.84 bits per heavy atom. The summed E-state index contributed by atoms with van der Waals surface area (Å²) in [6, 6.07) is 12.1. The Hall–Kier alpha value is -3.49. The van der Waals surface area contributed by atoms with E-state index in [1.54, 1.807) is 31.2 Å². The maximum atomic E-state index is 12.9. The molecule has 0 spiro atoms. The Balaban J connectivity index is 1.73. The van der Waals surface area contributed by atoms with E-state index in [1.165, 1.54) is 9.47 Å². The number of aliphatic carboxylic acids is 1. The highest BCUT2D eigenvalue weighted by atomic mass is 16.4. The summed E-state index contributed by atoms with van der Waals surface area (Å²) in [4.78, 5) is 38.8. The number of benzene rings is 2. The molecule has 32 heavy (non-hydrogen) atoms. The van der Waals surface area contributed by atoms with Gasteiger partial charge in [-0.15, -0.1) is 0 Å². The minimum Gasteiger partial charge on any atom is -0.477 e. The number of aliphatic hydroxyl groups is 2. The summed E-state index contributed by atoms with van der Waals surface area (Å²) < 4.78 is 1.52. The molecule has 0 saturated carbocycles. The number of carbonyl (C=O) groups is 2. The van der Waals surface area contributed by atoms with Crippen molar-refractivity contribution in [1.82, 2.24) is 9.47 Å². The summed E-state index contributed by atoms with van der Waals surface area (Å²) in [6.45, 7) is 1.49. The number of carboxylic acids is 1. The number of aliphatic hydroxyl groups excluding tert-OH is 2. The fourth-order valence-corrected chi connectivity index (χ4v) is 5.18. The van der Waals surface area contributed by atoms with E-state index in [4.69, 9.17) is 0 Å². The van der Waals surface area contributed by atoms with Crippen molar-refractivity contribution in [1.29, 1.82) is 0 Å². The van der Waals surface area contributed by atoms with Gasteiger partial charge in [-0.3, -0.25) is 9.59 Å². The van der Waals surface area contributed by atoms with E-state index in [-0.39, 0.29) is 36.4 Å². The van der Waals surface area contributed by atoms with E-state index in [0.717, 1.165) is 10.8 Å². The molecule has 3 atom stereocenters. The van der Waals surface area contributed by atoms with Crippen LogP contribution in [0.4, 0.5) is 0 Å². The number of β-lactam (4-membered cyclic amide) rings is 1. The van der Waals surface area contributed by atoms with E-state index in [0.29, 0.717) is 28.5 Å². The molecule has 5 rings (SSSR count). The Bertz CT molecular complexity index is 1390. The lowest BCUT2D eigenvalue weighted by atomic mass is 9.82. The van der Waals surface area contributed by atoms with Crippen LogP contribution in [0.15, 0.2) is 53.0 Å². The highest BCUT2D eigenvalue weighted by Gasteiger charge is 2.56. The molecule has 8 nitrogen and oxygen atoms in total. The molecule has 1 amide bonds. The second-order valence-electron chi connectivity index (χ2n) is 8.34. The Kier molecular flexibility index (Phi) is 4.65. The number of nitrogens with zero attached hydrogens (tertiary/aromatic N) is 2. The van der Waals surface area contributed by atoms with Crippen LogP contribution < -0.4 is 5.56 Å². The number of rotatable bonds is 5. The maximum absolute atomic E-state index is 12.9. The second kappa shape index (κ2) is 7.29. The molecule has 1 saturated heterocycles. The van der Waals surface area contributed by atoms with Gasteiger partial charge in [-0.05, 0) is 48.1 Å². The minimum absolute atomic E-state index is 0.0516. The third-order valence-corrected chi connectivity index (χ3v) is 6.58.